The van der Waals surface area contributed by atoms with E-state index in [1.54, 1.807) is 13.8 Å². The number of esters is 1. The molecule has 8 N–H and O–H groups in total. The minimum absolute atomic E-state index is 0.00890. The van der Waals surface area contributed by atoms with Crippen LogP contribution in [0.5, 0.6) is 11.8 Å². The zero-order chi connectivity index (χ0) is 44.4. The zero-order valence-electron chi connectivity index (χ0n) is 32.9. The van der Waals surface area contributed by atoms with Crippen LogP contribution < -0.4 is 36.5 Å². The van der Waals surface area contributed by atoms with Crippen molar-refractivity contribution >= 4 is 67.3 Å². The predicted octanol–water partition coefficient (Wildman–Crippen LogP) is -1.20. The van der Waals surface area contributed by atoms with Crippen LogP contribution in [0.25, 0.3) is 20.7 Å². The van der Waals surface area contributed by atoms with E-state index >= 15 is 0 Å². The predicted molar refractivity (Wildman–Crippen MR) is 207 cm³/mol. The Labute approximate surface area is 349 Å². The Bertz CT molecular complexity index is 2570. The van der Waals surface area contributed by atoms with E-state index in [-0.39, 0.29) is 82.4 Å². The van der Waals surface area contributed by atoms with Crippen LogP contribution in [0.15, 0.2) is 23.2 Å². The second-order valence-corrected chi connectivity index (χ2v) is 15.3. The summed E-state index contributed by atoms with van der Waals surface area (Å²) in [6.07, 6.45) is -8.36. The summed E-state index contributed by atoms with van der Waals surface area (Å²) in [4.78, 5) is 76.3. The van der Waals surface area contributed by atoms with E-state index < -0.39 is 83.1 Å². The molecule has 2 aliphatic rings. The van der Waals surface area contributed by atoms with E-state index in [1.807, 2.05) is 0 Å². The summed E-state index contributed by atoms with van der Waals surface area (Å²) in [5.74, 6) is -1.88. The number of aryl methyl sites for hydroxylation is 1. The van der Waals surface area contributed by atoms with Crippen molar-refractivity contribution in [2.24, 2.45) is 5.92 Å². The Morgan fingerprint density at radius 2 is 1.41 bits per heavy atom. The second kappa shape index (κ2) is 18.5. The van der Waals surface area contributed by atoms with E-state index in [2.05, 4.69) is 19.9 Å². The number of aliphatic hydroxyl groups excluding tert-OH is 4. The van der Waals surface area contributed by atoms with E-state index in [0.29, 0.717) is 11.3 Å². The first kappa shape index (κ1) is 44.8. The fourth-order valence-electron chi connectivity index (χ4n) is 6.27. The van der Waals surface area contributed by atoms with Crippen molar-refractivity contribution in [1.82, 2.24) is 34.0 Å². The van der Waals surface area contributed by atoms with Gasteiger partial charge in [-0.1, -0.05) is 29.6 Å². The Morgan fingerprint density at radius 3 is 1.92 bits per heavy atom. The summed E-state index contributed by atoms with van der Waals surface area (Å²) in [5, 5.41) is 39.1. The van der Waals surface area contributed by atoms with Crippen molar-refractivity contribution in [3.8, 4) is 11.8 Å². The minimum atomic E-state index is -1.47. The van der Waals surface area contributed by atoms with Crippen LogP contribution in [-0.2, 0) is 30.3 Å². The molecular weight excluding hydrogens is 859 g/mol. The molecule has 0 radical (unpaired) electrons. The van der Waals surface area contributed by atoms with Crippen LogP contribution in [0, 0.1) is 12.8 Å². The summed E-state index contributed by atoms with van der Waals surface area (Å²) in [6, 6.07) is 0. The first-order chi connectivity index (χ1) is 29.0. The molecule has 2 fully saturated rings. The Hall–Kier alpha value is -5.75. The molecule has 0 bridgehead atoms. The van der Waals surface area contributed by atoms with Crippen molar-refractivity contribution in [3.05, 3.63) is 41.5 Å². The van der Waals surface area contributed by atoms with E-state index in [4.69, 9.17) is 48.7 Å². The van der Waals surface area contributed by atoms with E-state index in [0.717, 1.165) is 20.8 Å². The largest absolute Gasteiger partial charge is 0.519 e. The van der Waals surface area contributed by atoms with Crippen LogP contribution in [0.2, 0.25) is 0 Å². The lowest BCUT2D eigenvalue weighted by molar-refractivity contribution is -0.153. The molecule has 0 saturated carbocycles. The van der Waals surface area contributed by atoms with E-state index in [9.17, 15) is 44.4 Å². The third-order valence-electron chi connectivity index (χ3n) is 9.25. The number of fused-ring (bicyclic) bond motifs is 2. The third kappa shape index (κ3) is 9.15. The molecule has 7 heterocycles. The van der Waals surface area contributed by atoms with Gasteiger partial charge in [0.15, 0.2) is 54.7 Å². The maximum atomic E-state index is 12.9. The number of rotatable bonds is 12. The molecule has 2 aliphatic heterocycles. The highest BCUT2D eigenvalue weighted by Gasteiger charge is 2.47. The van der Waals surface area contributed by atoms with Crippen molar-refractivity contribution < 1.29 is 67.3 Å². The van der Waals surface area contributed by atoms with Gasteiger partial charge >= 0.3 is 27.6 Å². The van der Waals surface area contributed by atoms with Crippen LogP contribution in [0.3, 0.4) is 0 Å². The molecule has 61 heavy (non-hydrogen) atoms. The number of hydrogen-bond acceptors (Lipinski definition) is 25. The van der Waals surface area contributed by atoms with Gasteiger partial charge in [0, 0.05) is 19.9 Å². The lowest BCUT2D eigenvalue weighted by Gasteiger charge is -2.21. The molecule has 332 valence electrons. The molecule has 26 nitrogen and oxygen atoms in total. The van der Waals surface area contributed by atoms with Crippen LogP contribution in [0.1, 0.15) is 44.7 Å². The van der Waals surface area contributed by atoms with Gasteiger partial charge in [-0.15, -0.1) is 0 Å². The number of carbonyl (C=O) groups is 2. The number of nitrogen functional groups attached to an aromatic ring is 2. The molecule has 0 unspecified atom stereocenters. The quantitative estimate of drug-likeness (QED) is 0.0632. The SMILES string of the molecule is CC(=O)O[C@@H]1[C@H](C)[C@@H](CO)O[C@H]1n1c(=O)sc2c(OCc3oc(=O)oc3C)nc(N)nc21.CCOC(=O)N(C)COc1nc(N)nc2c1sc(=O)n2[C@@H]1O[C@H](CO)[C@@H](O)[C@H]1O. The van der Waals surface area contributed by atoms with Gasteiger partial charge in [-0.2, -0.15) is 19.9 Å². The number of ether oxygens (including phenoxy) is 6. The van der Waals surface area contributed by atoms with Crippen LogP contribution >= 0.6 is 22.7 Å². The number of nitrogens with zero attached hydrogens (tertiary/aromatic N) is 7. The number of aliphatic hydroxyl groups is 4. The number of nitrogens with two attached hydrogens (primary N) is 2. The number of carbonyl (C=O) groups excluding carboxylic acids is 2. The Morgan fingerprint density at radius 1 is 0.852 bits per heavy atom. The highest BCUT2D eigenvalue weighted by Crippen LogP contribution is 2.39. The summed E-state index contributed by atoms with van der Waals surface area (Å²) < 4.78 is 45.0. The Balaban J connectivity index is 0.000000205. The molecule has 5 aromatic heterocycles. The minimum Gasteiger partial charge on any atom is -0.468 e. The lowest BCUT2D eigenvalue weighted by Crippen LogP contribution is -2.34. The lowest BCUT2D eigenvalue weighted by atomic mass is 10.0. The summed E-state index contributed by atoms with van der Waals surface area (Å²) in [5.41, 5.74) is 11.7. The van der Waals surface area contributed by atoms with Crippen LogP contribution in [-0.4, -0.2) is 131 Å². The van der Waals surface area contributed by atoms with Gasteiger partial charge in [0.1, 0.15) is 27.7 Å². The molecular formula is C33H41N9O17S2. The summed E-state index contributed by atoms with van der Waals surface area (Å²) >= 11 is 1.49. The standard InChI is InChI=1S/C18H20N4O9S.C15H21N5O8S/c1-6-9(4-23)30-15(11(6)29-8(3)24)22-13-12(32-17(22)25)14(21-16(19)20-13)27-5-10-7(2)28-18(26)31-10;1-3-26-14(24)19(2)5-27-11-9-10(17-13(16)18-11)20(15(25)29-9)12-8(23)7(22)6(4-21)28-12/h6,9,11,15,23H,4-5H2,1-3H3,(H2,19,20,21);6-8,12,21-23H,3-5H2,1-2H3,(H2,16,17,18)/t6-,9-,11-,15-;6-,7-,8-,12-/m11/s1. The third-order valence-corrected chi connectivity index (χ3v) is 11.1. The highest BCUT2D eigenvalue weighted by atomic mass is 32.1. The van der Waals surface area contributed by atoms with Gasteiger partial charge in [0.05, 0.1) is 25.9 Å². The van der Waals surface area contributed by atoms with Gasteiger partial charge < -0.3 is 69.1 Å². The number of aromatic nitrogens is 6. The molecule has 0 aliphatic carbocycles. The maximum Gasteiger partial charge on any atom is 0.519 e. The topological polar surface area (TPSA) is 365 Å². The average Bonchev–Trinajstić information content (AvgIpc) is 3.97. The fourth-order valence-corrected chi connectivity index (χ4v) is 8.05. The molecule has 0 spiro atoms. The van der Waals surface area contributed by atoms with Crippen molar-refractivity contribution in [3.63, 3.8) is 0 Å². The van der Waals surface area contributed by atoms with Crippen molar-refractivity contribution in [1.29, 1.82) is 0 Å². The van der Waals surface area contributed by atoms with Crippen molar-refractivity contribution in [2.45, 2.75) is 77.3 Å². The smallest absolute Gasteiger partial charge is 0.468 e. The number of hydrogen-bond donors (Lipinski definition) is 6. The molecule has 1 amide bonds. The highest BCUT2D eigenvalue weighted by molar-refractivity contribution is 7.17. The number of anilines is 2. The van der Waals surface area contributed by atoms with E-state index in [1.165, 1.54) is 25.5 Å². The van der Waals surface area contributed by atoms with Gasteiger partial charge in [-0.3, -0.25) is 28.4 Å². The maximum absolute atomic E-state index is 12.9. The van der Waals surface area contributed by atoms with Crippen molar-refractivity contribution in [2.75, 3.05) is 45.1 Å². The molecule has 0 aromatic carbocycles. The normalized spacial score (nSPS) is 23.5. The fraction of sp³-hybridized carbons (Fsp3) is 0.545. The molecule has 7 rings (SSSR count). The van der Waals surface area contributed by atoms with Gasteiger partial charge in [0.25, 0.3) is 0 Å². The molecule has 2 saturated heterocycles. The molecule has 28 heteroatoms. The number of amides is 1. The molecule has 8 atom stereocenters. The van der Waals surface area contributed by atoms with Gasteiger partial charge in [-0.05, 0) is 13.8 Å². The van der Waals surface area contributed by atoms with Gasteiger partial charge in [-0.25, -0.2) is 9.59 Å². The summed E-state index contributed by atoms with van der Waals surface area (Å²) in [6.45, 7) is 5.08. The van der Waals surface area contributed by atoms with Gasteiger partial charge in [0.2, 0.25) is 23.7 Å². The molecule has 5 aromatic rings. The second-order valence-electron chi connectivity index (χ2n) is 13.4. The van der Waals surface area contributed by atoms with Crippen LogP contribution in [0.4, 0.5) is 16.7 Å². The monoisotopic (exact) mass is 899 g/mol. The first-order valence-corrected chi connectivity index (χ1v) is 19.8. The average molecular weight is 900 g/mol. The Kier molecular flexibility index (Phi) is 13.6. The summed E-state index contributed by atoms with van der Waals surface area (Å²) in [7, 11) is 1.45. The number of thiazole rings is 2. The first-order valence-electron chi connectivity index (χ1n) is 18.1. The zero-order valence-corrected chi connectivity index (χ0v) is 34.5.